The van der Waals surface area contributed by atoms with Gasteiger partial charge in [0.15, 0.2) is 5.82 Å². The number of aromatic nitrogens is 2. The van der Waals surface area contributed by atoms with Gasteiger partial charge in [0.05, 0.1) is 12.6 Å². The van der Waals surface area contributed by atoms with Crippen LogP contribution in [0.2, 0.25) is 0 Å². The highest BCUT2D eigenvalue weighted by molar-refractivity contribution is 5.19. The van der Waals surface area contributed by atoms with E-state index >= 15 is 0 Å². The Hall–Kier alpha value is -1.79. The molecule has 6 heteroatoms. The molecule has 1 aliphatic rings. The van der Waals surface area contributed by atoms with Crippen LogP contribution in [0.1, 0.15) is 56.0 Å². The normalized spacial score (nSPS) is 18.2. The molecular weight excluding hydrogens is 309 g/mol. The number of rotatable bonds is 5. The van der Waals surface area contributed by atoms with E-state index in [1.165, 1.54) is 12.1 Å². The minimum Gasteiger partial charge on any atom is -0.388 e. The van der Waals surface area contributed by atoms with Crippen LogP contribution in [0.3, 0.4) is 0 Å². The lowest BCUT2D eigenvalue weighted by molar-refractivity contribution is 0.0558. The van der Waals surface area contributed by atoms with E-state index in [0.717, 1.165) is 37.3 Å². The van der Waals surface area contributed by atoms with Crippen LogP contribution < -0.4 is 0 Å². The number of piperidine rings is 1. The SMILES string of the molecule is CC(C)c1nc(CN2CCC(C(O)c3ccc(F)cc3)CC2)no1. The third-order valence-corrected chi connectivity index (χ3v) is 4.63. The van der Waals surface area contributed by atoms with Gasteiger partial charge in [-0.15, -0.1) is 0 Å². The molecule has 1 saturated heterocycles. The van der Waals surface area contributed by atoms with Gasteiger partial charge in [-0.2, -0.15) is 4.98 Å². The van der Waals surface area contributed by atoms with Crippen molar-refractivity contribution in [1.82, 2.24) is 15.0 Å². The van der Waals surface area contributed by atoms with E-state index in [-0.39, 0.29) is 17.7 Å². The topological polar surface area (TPSA) is 62.4 Å². The number of aliphatic hydroxyl groups excluding tert-OH is 1. The number of benzene rings is 1. The Morgan fingerprint density at radius 1 is 1.25 bits per heavy atom. The Balaban J connectivity index is 1.52. The summed E-state index contributed by atoms with van der Waals surface area (Å²) in [5.74, 6) is 1.55. The number of halogens is 1. The molecule has 130 valence electrons. The molecule has 0 radical (unpaired) electrons. The highest BCUT2D eigenvalue weighted by atomic mass is 19.1. The van der Waals surface area contributed by atoms with Gasteiger partial charge in [-0.3, -0.25) is 4.90 Å². The zero-order chi connectivity index (χ0) is 17.1. The van der Waals surface area contributed by atoms with Gasteiger partial charge < -0.3 is 9.63 Å². The number of hydrogen-bond donors (Lipinski definition) is 1. The van der Waals surface area contributed by atoms with Gasteiger partial charge in [0.2, 0.25) is 5.89 Å². The fourth-order valence-corrected chi connectivity index (χ4v) is 3.13. The van der Waals surface area contributed by atoms with E-state index in [4.69, 9.17) is 4.52 Å². The zero-order valence-corrected chi connectivity index (χ0v) is 14.2. The van der Waals surface area contributed by atoms with Crippen molar-refractivity contribution in [2.24, 2.45) is 5.92 Å². The summed E-state index contributed by atoms with van der Waals surface area (Å²) in [7, 11) is 0. The summed E-state index contributed by atoms with van der Waals surface area (Å²) >= 11 is 0. The maximum absolute atomic E-state index is 13.0. The van der Waals surface area contributed by atoms with Crippen molar-refractivity contribution in [3.63, 3.8) is 0 Å². The summed E-state index contributed by atoms with van der Waals surface area (Å²) in [5.41, 5.74) is 0.787. The molecule has 1 aromatic heterocycles. The number of hydrogen-bond acceptors (Lipinski definition) is 5. The molecule has 2 aromatic rings. The number of aliphatic hydroxyl groups is 1. The predicted octanol–water partition coefficient (Wildman–Crippen LogP) is 3.28. The molecule has 5 nitrogen and oxygen atoms in total. The summed E-state index contributed by atoms with van der Waals surface area (Å²) in [5, 5.41) is 14.5. The largest absolute Gasteiger partial charge is 0.388 e. The Labute approximate surface area is 141 Å². The molecule has 0 amide bonds. The van der Waals surface area contributed by atoms with Gasteiger partial charge in [-0.05, 0) is 49.5 Å². The van der Waals surface area contributed by atoms with E-state index in [9.17, 15) is 9.50 Å². The maximum atomic E-state index is 13.0. The minimum atomic E-state index is -0.537. The van der Waals surface area contributed by atoms with Crippen LogP contribution in [0.5, 0.6) is 0 Å². The average Bonchev–Trinajstić information content (AvgIpc) is 3.04. The summed E-state index contributed by atoms with van der Waals surface area (Å²) in [6, 6.07) is 6.13. The Bertz CT molecular complexity index is 649. The summed E-state index contributed by atoms with van der Waals surface area (Å²) < 4.78 is 18.2. The molecular formula is C18H24FN3O2. The smallest absolute Gasteiger partial charge is 0.229 e. The first-order valence-electron chi connectivity index (χ1n) is 8.51. The van der Waals surface area contributed by atoms with Crippen LogP contribution in [0, 0.1) is 11.7 Å². The summed E-state index contributed by atoms with van der Waals surface area (Å²) in [6.45, 7) is 6.50. The van der Waals surface area contributed by atoms with Gasteiger partial charge in [-0.1, -0.05) is 31.1 Å². The van der Waals surface area contributed by atoms with Crippen molar-refractivity contribution < 1.29 is 14.0 Å². The van der Waals surface area contributed by atoms with Crippen LogP contribution in [-0.4, -0.2) is 33.2 Å². The highest BCUT2D eigenvalue weighted by Crippen LogP contribution is 2.31. The van der Waals surface area contributed by atoms with Crippen molar-refractivity contribution >= 4 is 0 Å². The second-order valence-corrected chi connectivity index (χ2v) is 6.81. The van der Waals surface area contributed by atoms with E-state index in [0.29, 0.717) is 12.4 Å². The molecule has 1 N–H and O–H groups in total. The lowest BCUT2D eigenvalue weighted by Crippen LogP contribution is -2.35. The first-order valence-corrected chi connectivity index (χ1v) is 8.51. The molecule has 3 rings (SSSR count). The summed E-state index contributed by atoms with van der Waals surface area (Å²) in [4.78, 5) is 6.69. The fraction of sp³-hybridized carbons (Fsp3) is 0.556. The van der Waals surface area contributed by atoms with Gasteiger partial charge in [0.1, 0.15) is 5.82 Å². The molecule has 0 saturated carbocycles. The molecule has 0 aliphatic carbocycles. The molecule has 1 unspecified atom stereocenters. The predicted molar refractivity (Wildman–Crippen MR) is 87.7 cm³/mol. The van der Waals surface area contributed by atoms with Crippen molar-refractivity contribution in [1.29, 1.82) is 0 Å². The molecule has 1 atom stereocenters. The van der Waals surface area contributed by atoms with E-state index < -0.39 is 6.10 Å². The monoisotopic (exact) mass is 333 g/mol. The van der Waals surface area contributed by atoms with Crippen LogP contribution >= 0.6 is 0 Å². The second kappa shape index (κ2) is 7.40. The quantitative estimate of drug-likeness (QED) is 0.910. The Kier molecular flexibility index (Phi) is 5.26. The third kappa shape index (κ3) is 3.99. The van der Waals surface area contributed by atoms with E-state index in [1.807, 2.05) is 13.8 Å². The van der Waals surface area contributed by atoms with Gasteiger partial charge in [-0.25, -0.2) is 4.39 Å². The molecule has 2 heterocycles. The van der Waals surface area contributed by atoms with Crippen molar-refractivity contribution in [3.05, 3.63) is 47.4 Å². The van der Waals surface area contributed by atoms with Crippen LogP contribution in [0.15, 0.2) is 28.8 Å². The highest BCUT2D eigenvalue weighted by Gasteiger charge is 2.27. The van der Waals surface area contributed by atoms with Crippen LogP contribution in [-0.2, 0) is 6.54 Å². The standard InChI is InChI=1S/C18H24FN3O2/c1-12(2)18-20-16(21-24-18)11-22-9-7-14(8-10-22)17(23)13-3-5-15(19)6-4-13/h3-6,12,14,17,23H,7-11H2,1-2H3. The molecule has 1 aromatic carbocycles. The Morgan fingerprint density at radius 2 is 1.92 bits per heavy atom. The van der Waals surface area contributed by atoms with Gasteiger partial charge in [0.25, 0.3) is 0 Å². The number of likely N-dealkylation sites (tertiary alicyclic amines) is 1. The van der Waals surface area contributed by atoms with Gasteiger partial charge >= 0.3 is 0 Å². The van der Waals surface area contributed by atoms with Crippen LogP contribution in [0.25, 0.3) is 0 Å². The molecule has 24 heavy (non-hydrogen) atoms. The Morgan fingerprint density at radius 3 is 2.50 bits per heavy atom. The zero-order valence-electron chi connectivity index (χ0n) is 14.2. The average molecular weight is 333 g/mol. The van der Waals surface area contributed by atoms with E-state index in [1.54, 1.807) is 12.1 Å². The first-order chi connectivity index (χ1) is 11.5. The first kappa shape index (κ1) is 17.0. The molecule has 0 spiro atoms. The third-order valence-electron chi connectivity index (χ3n) is 4.63. The summed E-state index contributed by atoms with van der Waals surface area (Å²) in [6.07, 6.45) is 1.26. The molecule has 1 fully saturated rings. The maximum Gasteiger partial charge on any atom is 0.229 e. The minimum absolute atomic E-state index is 0.197. The van der Waals surface area contributed by atoms with Crippen molar-refractivity contribution in [2.75, 3.05) is 13.1 Å². The van der Waals surface area contributed by atoms with Gasteiger partial charge in [0, 0.05) is 5.92 Å². The van der Waals surface area contributed by atoms with Crippen molar-refractivity contribution in [3.8, 4) is 0 Å². The molecule has 1 aliphatic heterocycles. The molecule has 0 bridgehead atoms. The number of nitrogens with zero attached hydrogens (tertiary/aromatic N) is 3. The fourth-order valence-electron chi connectivity index (χ4n) is 3.13. The van der Waals surface area contributed by atoms with E-state index in [2.05, 4.69) is 15.0 Å². The van der Waals surface area contributed by atoms with Crippen molar-refractivity contribution in [2.45, 2.75) is 45.3 Å². The second-order valence-electron chi connectivity index (χ2n) is 6.81. The lowest BCUT2D eigenvalue weighted by atomic mass is 9.87. The lowest BCUT2D eigenvalue weighted by Gasteiger charge is -2.33. The van der Waals surface area contributed by atoms with Crippen LogP contribution in [0.4, 0.5) is 4.39 Å².